The maximum atomic E-state index is 13.6. The van der Waals surface area contributed by atoms with Crippen LogP contribution in [-0.4, -0.2) is 69.4 Å². The fraction of sp³-hybridized carbons (Fsp3) is 0.941. The number of likely N-dealkylation sites (N-methyl/N-ethyl adjacent to an activating group) is 1. The molecule has 0 bridgehead atoms. The number of amides is 1. The normalized spacial score (nSPS) is 13.6. The van der Waals surface area contributed by atoms with Crippen LogP contribution < -0.4 is 10.2 Å². The van der Waals surface area contributed by atoms with Crippen molar-refractivity contribution in [2.75, 3.05) is 40.9 Å². The van der Waals surface area contributed by atoms with Crippen molar-refractivity contribution in [3.8, 4) is 0 Å². The van der Waals surface area contributed by atoms with Crippen molar-refractivity contribution in [1.82, 2.24) is 5.32 Å². The summed E-state index contributed by atoms with van der Waals surface area (Å²) in [5, 5.41) is 3.05. The van der Waals surface area contributed by atoms with Crippen LogP contribution in [-0.2, 0) is 27.9 Å². The lowest BCUT2D eigenvalue weighted by Gasteiger charge is -2.30. The number of carbonyl (C=O) groups is 2. The van der Waals surface area contributed by atoms with E-state index in [9.17, 15) is 19.0 Å². The molecule has 0 radical (unpaired) electrons. The van der Waals surface area contributed by atoms with E-state index in [0.29, 0.717) is 17.4 Å². The van der Waals surface area contributed by atoms with Crippen LogP contribution in [0.5, 0.6) is 0 Å². The Balaban J connectivity index is 5.08. The number of phosphoric ester groups is 1. The number of carbonyl (C=O) groups excluding carboxylic acids is 2. The second-order valence-corrected chi connectivity index (χ2v) is 26.5. The van der Waals surface area contributed by atoms with Crippen molar-refractivity contribution in [3.05, 3.63) is 12.2 Å². The minimum Gasteiger partial charge on any atom is -0.756 e. The molecule has 0 aromatic rings. The first-order valence-corrected chi connectivity index (χ1v) is 36.0. The maximum absolute atomic E-state index is 13.6. The maximum Gasteiger partial charge on any atom is 0.306 e. The van der Waals surface area contributed by atoms with Crippen LogP contribution in [0.4, 0.5) is 0 Å². The van der Waals surface area contributed by atoms with E-state index in [2.05, 4.69) is 26.1 Å². The summed E-state index contributed by atoms with van der Waals surface area (Å²) in [4.78, 5) is 40.1. The van der Waals surface area contributed by atoms with Crippen LogP contribution in [0.3, 0.4) is 0 Å². The number of unbranched alkanes of at least 4 members (excludes halogenated alkanes) is 48. The molecule has 3 unspecified atom stereocenters. The van der Waals surface area contributed by atoms with Crippen molar-refractivity contribution in [2.24, 2.45) is 0 Å². The SMILES string of the molecule is CCCCCCCCCCCCC/C=C\C(OC(=O)CCCCCCCCCCCCCCCCCCCCCCCCC)C(COP(=O)([O-])OCC[N+](C)(C)C)NC(=O)CCCCCCCCCCCCCCCCCC. The van der Waals surface area contributed by atoms with Gasteiger partial charge >= 0.3 is 5.97 Å². The number of quaternary nitrogens is 1. The minimum absolute atomic E-state index is 0.0165. The molecule has 1 amide bonds. The first-order chi connectivity index (χ1) is 37.9. The molecule has 3 atom stereocenters. The van der Waals surface area contributed by atoms with Gasteiger partial charge in [-0.05, 0) is 31.8 Å². The Hall–Kier alpha value is -1.25. The minimum atomic E-state index is -4.69. The number of rotatable bonds is 64. The van der Waals surface area contributed by atoms with Crippen LogP contribution in [0.2, 0.25) is 0 Å². The van der Waals surface area contributed by atoms with E-state index in [1.165, 1.54) is 270 Å². The summed E-state index contributed by atoms with van der Waals surface area (Å²) in [6.45, 7) is 6.92. The number of phosphoric acid groups is 1. The average molecular weight is 1120 g/mol. The van der Waals surface area contributed by atoms with Gasteiger partial charge < -0.3 is 28.5 Å². The Morgan fingerprint density at radius 2 is 0.731 bits per heavy atom. The number of nitrogens with one attached hydrogen (secondary N) is 1. The number of ether oxygens (including phenoxy) is 1. The smallest absolute Gasteiger partial charge is 0.306 e. The number of allylic oxidation sites excluding steroid dienone is 1. The van der Waals surface area contributed by atoms with E-state index in [4.69, 9.17) is 13.8 Å². The summed E-state index contributed by atoms with van der Waals surface area (Å²) < 4.78 is 30.4. The number of hydrogen-bond acceptors (Lipinski definition) is 7. The summed E-state index contributed by atoms with van der Waals surface area (Å²) in [5.74, 6) is -0.514. The zero-order valence-electron chi connectivity index (χ0n) is 53.2. The van der Waals surface area contributed by atoms with Crippen molar-refractivity contribution >= 4 is 19.7 Å². The molecule has 0 aromatic carbocycles. The first-order valence-electron chi connectivity index (χ1n) is 34.5. The second-order valence-electron chi connectivity index (χ2n) is 25.1. The summed E-state index contributed by atoms with van der Waals surface area (Å²) in [7, 11) is 1.21. The van der Waals surface area contributed by atoms with Gasteiger partial charge in [-0.3, -0.25) is 14.2 Å². The number of esters is 1. The topological polar surface area (TPSA) is 114 Å². The average Bonchev–Trinajstić information content (AvgIpc) is 3.40. The highest BCUT2D eigenvalue weighted by molar-refractivity contribution is 7.45. The Labute approximate surface area is 486 Å². The van der Waals surface area contributed by atoms with Crippen molar-refractivity contribution in [3.63, 3.8) is 0 Å². The molecule has 0 heterocycles. The highest BCUT2D eigenvalue weighted by Crippen LogP contribution is 2.38. The molecular weight excluding hydrogens is 988 g/mol. The number of nitrogens with zero attached hydrogens (tertiary/aromatic N) is 1. The standard InChI is InChI=1S/C68H135N2O7P/c1-7-10-13-16-19-22-25-28-30-32-33-34-35-36-37-38-40-43-46-49-52-55-58-61-68(72)77-66(59-56-53-50-47-44-41-27-24-21-18-15-12-9-3)65(64-76-78(73,74)75-63-62-70(4,5)6)69-67(71)60-57-54-51-48-45-42-39-31-29-26-23-20-17-14-11-8-2/h56,59,65-66H,7-55,57-58,60-64H2,1-6H3,(H-,69,71,73,74)/b59-56-. The molecule has 0 rings (SSSR count). The predicted molar refractivity (Wildman–Crippen MR) is 335 cm³/mol. The highest BCUT2D eigenvalue weighted by Gasteiger charge is 2.27. The van der Waals surface area contributed by atoms with Gasteiger partial charge in [0.15, 0.2) is 0 Å². The van der Waals surface area contributed by atoms with Crippen LogP contribution in [0, 0.1) is 0 Å². The van der Waals surface area contributed by atoms with E-state index in [1.54, 1.807) is 0 Å². The quantitative estimate of drug-likeness (QED) is 0.0212. The van der Waals surface area contributed by atoms with E-state index < -0.39 is 20.0 Å². The van der Waals surface area contributed by atoms with Gasteiger partial charge in [0.1, 0.15) is 19.3 Å². The van der Waals surface area contributed by atoms with E-state index >= 15 is 0 Å². The molecular formula is C68H135N2O7P. The third kappa shape index (κ3) is 59.4. The van der Waals surface area contributed by atoms with Crippen molar-refractivity contribution in [1.29, 1.82) is 0 Å². The van der Waals surface area contributed by atoms with Gasteiger partial charge in [-0.1, -0.05) is 329 Å². The van der Waals surface area contributed by atoms with E-state index in [-0.39, 0.29) is 31.5 Å². The van der Waals surface area contributed by atoms with Gasteiger partial charge in [0.05, 0.1) is 33.8 Å². The van der Waals surface area contributed by atoms with Gasteiger partial charge in [0, 0.05) is 12.8 Å². The zero-order valence-corrected chi connectivity index (χ0v) is 54.1. The first kappa shape index (κ1) is 76.8. The summed E-state index contributed by atoms with van der Waals surface area (Å²) in [5.41, 5.74) is 0. The van der Waals surface area contributed by atoms with E-state index in [1.807, 2.05) is 33.3 Å². The fourth-order valence-electron chi connectivity index (χ4n) is 10.6. The van der Waals surface area contributed by atoms with Crippen LogP contribution in [0.25, 0.3) is 0 Å². The Morgan fingerprint density at radius 3 is 1.05 bits per heavy atom. The molecule has 78 heavy (non-hydrogen) atoms. The number of hydrogen-bond donors (Lipinski definition) is 1. The monoisotopic (exact) mass is 1120 g/mol. The summed E-state index contributed by atoms with van der Waals surface area (Å²) in [6.07, 6.45) is 69.0. The highest BCUT2D eigenvalue weighted by atomic mass is 31.2. The third-order valence-electron chi connectivity index (χ3n) is 16.0. The molecule has 0 aliphatic rings. The van der Waals surface area contributed by atoms with Gasteiger partial charge in [-0.25, -0.2) is 0 Å². The van der Waals surface area contributed by atoms with Crippen LogP contribution in [0.1, 0.15) is 361 Å². The van der Waals surface area contributed by atoms with Crippen LogP contribution >= 0.6 is 7.82 Å². The molecule has 0 aromatic heterocycles. The largest absolute Gasteiger partial charge is 0.756 e. The molecule has 9 nitrogen and oxygen atoms in total. The Morgan fingerprint density at radius 1 is 0.436 bits per heavy atom. The Kier molecular flexibility index (Phi) is 58.0. The fourth-order valence-corrected chi connectivity index (χ4v) is 11.4. The molecule has 0 aliphatic carbocycles. The van der Waals surface area contributed by atoms with Crippen molar-refractivity contribution < 1.29 is 37.3 Å². The molecule has 0 saturated heterocycles. The lowest BCUT2D eigenvalue weighted by molar-refractivity contribution is -0.870. The lowest BCUT2D eigenvalue weighted by Crippen LogP contribution is -2.47. The van der Waals surface area contributed by atoms with Gasteiger partial charge in [0.25, 0.3) is 7.82 Å². The van der Waals surface area contributed by atoms with Crippen molar-refractivity contribution in [2.45, 2.75) is 373 Å². The summed E-state index contributed by atoms with van der Waals surface area (Å²) in [6, 6.07) is -0.880. The second kappa shape index (κ2) is 58.9. The Bertz CT molecular complexity index is 1340. The van der Waals surface area contributed by atoms with Gasteiger partial charge in [0.2, 0.25) is 5.91 Å². The molecule has 1 N–H and O–H groups in total. The van der Waals surface area contributed by atoms with E-state index in [0.717, 1.165) is 57.8 Å². The summed E-state index contributed by atoms with van der Waals surface area (Å²) >= 11 is 0. The van der Waals surface area contributed by atoms with Gasteiger partial charge in [-0.2, -0.15) is 0 Å². The molecule has 10 heteroatoms. The molecule has 0 saturated carbocycles. The third-order valence-corrected chi connectivity index (χ3v) is 16.9. The lowest BCUT2D eigenvalue weighted by atomic mass is 10.0. The van der Waals surface area contributed by atoms with Gasteiger partial charge in [-0.15, -0.1) is 0 Å². The zero-order chi connectivity index (χ0) is 57.2. The van der Waals surface area contributed by atoms with Crippen LogP contribution in [0.15, 0.2) is 12.2 Å². The molecule has 0 spiro atoms. The predicted octanol–water partition coefficient (Wildman–Crippen LogP) is 20.9. The molecule has 0 aliphatic heterocycles. The molecule has 0 fully saturated rings. The molecule has 464 valence electrons.